The highest BCUT2D eigenvalue weighted by Crippen LogP contribution is 2.30. The van der Waals surface area contributed by atoms with Gasteiger partial charge in [-0.2, -0.15) is 0 Å². The smallest absolute Gasteiger partial charge is 0.240 e. The number of hydrogen-bond donors (Lipinski definition) is 1. The van der Waals surface area contributed by atoms with E-state index < -0.39 is 0 Å². The molecule has 3 unspecified atom stereocenters. The summed E-state index contributed by atoms with van der Waals surface area (Å²) in [5, 5.41) is 3.38. The fraction of sp³-hybridized carbons (Fsp3) is 0.917. The molecule has 0 aromatic heterocycles. The molecule has 0 aromatic carbocycles. The lowest BCUT2D eigenvalue weighted by atomic mass is 9.86. The van der Waals surface area contributed by atoms with E-state index in [1.165, 1.54) is 0 Å². The minimum absolute atomic E-state index is 0.0157. The lowest BCUT2D eigenvalue weighted by Gasteiger charge is -2.33. The number of amides is 1. The highest BCUT2D eigenvalue weighted by molar-refractivity contribution is 5.82. The molecule has 1 N–H and O–H groups in total. The summed E-state index contributed by atoms with van der Waals surface area (Å²) in [6, 6.07) is 0.0157. The van der Waals surface area contributed by atoms with Gasteiger partial charge in [0.05, 0.1) is 25.9 Å². The number of rotatable bonds is 1. The Bertz CT molecular complexity index is 291. The van der Waals surface area contributed by atoms with Crippen molar-refractivity contribution in [3.63, 3.8) is 0 Å². The molecule has 17 heavy (non-hydrogen) atoms. The molecule has 3 saturated heterocycles. The third-order valence-electron chi connectivity index (χ3n) is 4.15. The third kappa shape index (κ3) is 2.19. The van der Waals surface area contributed by atoms with Crippen LogP contribution in [0.5, 0.6) is 0 Å². The molecular formula is C12H20N2O3. The van der Waals surface area contributed by atoms with Gasteiger partial charge >= 0.3 is 0 Å². The molecule has 3 aliphatic heterocycles. The molecule has 0 spiro atoms. The topological polar surface area (TPSA) is 50.8 Å². The zero-order valence-corrected chi connectivity index (χ0v) is 10.1. The zero-order valence-electron chi connectivity index (χ0n) is 10.1. The maximum atomic E-state index is 12.4. The molecule has 0 saturated carbocycles. The molecule has 0 aromatic rings. The van der Waals surface area contributed by atoms with Gasteiger partial charge in [0.2, 0.25) is 5.91 Å². The molecule has 3 heterocycles. The van der Waals surface area contributed by atoms with E-state index in [0.29, 0.717) is 25.0 Å². The number of ether oxygens (including phenoxy) is 2. The SMILES string of the molecule is O=C(C1NCC2COCCC21)N1CCOCC1. The maximum Gasteiger partial charge on any atom is 0.240 e. The lowest BCUT2D eigenvalue weighted by Crippen LogP contribution is -2.51. The summed E-state index contributed by atoms with van der Waals surface area (Å²) in [6.45, 7) is 5.37. The number of carbonyl (C=O) groups excluding carboxylic acids is 1. The third-order valence-corrected chi connectivity index (χ3v) is 4.15. The summed E-state index contributed by atoms with van der Waals surface area (Å²) in [5.74, 6) is 1.26. The Morgan fingerprint density at radius 3 is 2.82 bits per heavy atom. The van der Waals surface area contributed by atoms with Gasteiger partial charge in [0, 0.05) is 26.2 Å². The summed E-state index contributed by atoms with van der Waals surface area (Å²) in [7, 11) is 0. The van der Waals surface area contributed by atoms with Crippen LogP contribution in [0.3, 0.4) is 0 Å². The van der Waals surface area contributed by atoms with E-state index in [9.17, 15) is 4.79 Å². The van der Waals surface area contributed by atoms with Gasteiger partial charge in [-0.05, 0) is 18.3 Å². The van der Waals surface area contributed by atoms with Crippen LogP contribution in [0.15, 0.2) is 0 Å². The molecule has 5 heteroatoms. The van der Waals surface area contributed by atoms with Crippen LogP contribution in [0.2, 0.25) is 0 Å². The second-order valence-electron chi connectivity index (χ2n) is 5.11. The van der Waals surface area contributed by atoms with E-state index in [-0.39, 0.29) is 11.9 Å². The first-order valence-corrected chi connectivity index (χ1v) is 6.54. The van der Waals surface area contributed by atoms with Gasteiger partial charge in [-0.3, -0.25) is 4.79 Å². The minimum atomic E-state index is 0.0157. The Labute approximate surface area is 101 Å². The van der Waals surface area contributed by atoms with Crippen LogP contribution in [0, 0.1) is 11.8 Å². The van der Waals surface area contributed by atoms with Gasteiger partial charge in [0.1, 0.15) is 0 Å². The van der Waals surface area contributed by atoms with Crippen LogP contribution in [0.4, 0.5) is 0 Å². The van der Waals surface area contributed by atoms with Crippen LogP contribution >= 0.6 is 0 Å². The fourth-order valence-electron chi connectivity index (χ4n) is 3.14. The number of nitrogens with zero attached hydrogens (tertiary/aromatic N) is 1. The van der Waals surface area contributed by atoms with E-state index in [1.54, 1.807) is 0 Å². The summed E-state index contributed by atoms with van der Waals surface area (Å²) < 4.78 is 10.8. The van der Waals surface area contributed by atoms with Crippen molar-refractivity contribution in [3.05, 3.63) is 0 Å². The molecule has 3 aliphatic rings. The Morgan fingerprint density at radius 2 is 2.00 bits per heavy atom. The van der Waals surface area contributed by atoms with Gasteiger partial charge in [-0.1, -0.05) is 0 Å². The van der Waals surface area contributed by atoms with E-state index in [1.807, 2.05) is 4.90 Å². The summed E-state index contributed by atoms with van der Waals surface area (Å²) in [4.78, 5) is 14.4. The Morgan fingerprint density at radius 1 is 1.18 bits per heavy atom. The summed E-state index contributed by atoms with van der Waals surface area (Å²) in [5.41, 5.74) is 0. The number of morpholine rings is 1. The number of nitrogens with one attached hydrogen (secondary N) is 1. The van der Waals surface area contributed by atoms with Gasteiger partial charge < -0.3 is 19.7 Å². The second kappa shape index (κ2) is 4.92. The number of fused-ring (bicyclic) bond motifs is 1. The monoisotopic (exact) mass is 240 g/mol. The van der Waals surface area contributed by atoms with Crippen molar-refractivity contribution >= 4 is 5.91 Å². The fourth-order valence-corrected chi connectivity index (χ4v) is 3.14. The quantitative estimate of drug-likeness (QED) is 0.669. The van der Waals surface area contributed by atoms with E-state index in [0.717, 1.165) is 39.3 Å². The van der Waals surface area contributed by atoms with Crippen molar-refractivity contribution in [1.29, 1.82) is 0 Å². The first kappa shape index (κ1) is 11.4. The average Bonchev–Trinajstić information content (AvgIpc) is 2.83. The van der Waals surface area contributed by atoms with Crippen molar-refractivity contribution in [3.8, 4) is 0 Å². The first-order chi connectivity index (χ1) is 8.36. The largest absolute Gasteiger partial charge is 0.381 e. The van der Waals surface area contributed by atoms with Gasteiger partial charge in [-0.25, -0.2) is 0 Å². The van der Waals surface area contributed by atoms with Crippen molar-refractivity contribution in [2.45, 2.75) is 12.5 Å². The maximum absolute atomic E-state index is 12.4. The highest BCUT2D eigenvalue weighted by Gasteiger charge is 2.43. The van der Waals surface area contributed by atoms with Gasteiger partial charge in [0.25, 0.3) is 0 Å². The molecule has 5 nitrogen and oxygen atoms in total. The number of carbonyl (C=O) groups is 1. The highest BCUT2D eigenvalue weighted by atomic mass is 16.5. The summed E-state index contributed by atoms with van der Waals surface area (Å²) >= 11 is 0. The van der Waals surface area contributed by atoms with Crippen LogP contribution in [0.1, 0.15) is 6.42 Å². The molecule has 0 radical (unpaired) electrons. The zero-order chi connectivity index (χ0) is 11.7. The van der Waals surface area contributed by atoms with Crippen LogP contribution in [-0.4, -0.2) is 62.9 Å². The molecule has 1 amide bonds. The van der Waals surface area contributed by atoms with Crippen LogP contribution in [-0.2, 0) is 14.3 Å². The predicted octanol–water partition coefficient (Wildman–Crippen LogP) is -0.530. The molecule has 3 fully saturated rings. The van der Waals surface area contributed by atoms with Crippen molar-refractivity contribution in [2.75, 3.05) is 46.1 Å². The van der Waals surface area contributed by atoms with E-state index >= 15 is 0 Å². The Hall–Kier alpha value is -0.650. The molecular weight excluding hydrogens is 220 g/mol. The second-order valence-corrected chi connectivity index (χ2v) is 5.11. The first-order valence-electron chi connectivity index (χ1n) is 6.54. The normalized spacial score (nSPS) is 37.9. The molecule has 0 aliphatic carbocycles. The van der Waals surface area contributed by atoms with E-state index in [4.69, 9.17) is 9.47 Å². The Kier molecular flexibility index (Phi) is 3.31. The number of hydrogen-bond acceptors (Lipinski definition) is 4. The minimum Gasteiger partial charge on any atom is -0.381 e. The van der Waals surface area contributed by atoms with Crippen molar-refractivity contribution in [2.24, 2.45) is 11.8 Å². The van der Waals surface area contributed by atoms with Gasteiger partial charge in [-0.15, -0.1) is 0 Å². The molecule has 3 rings (SSSR count). The lowest BCUT2D eigenvalue weighted by molar-refractivity contribution is -0.139. The van der Waals surface area contributed by atoms with Crippen LogP contribution < -0.4 is 5.32 Å². The van der Waals surface area contributed by atoms with Gasteiger partial charge in [0.15, 0.2) is 0 Å². The van der Waals surface area contributed by atoms with Crippen molar-refractivity contribution in [1.82, 2.24) is 10.2 Å². The predicted molar refractivity (Wildman–Crippen MR) is 61.6 cm³/mol. The molecule has 96 valence electrons. The summed E-state index contributed by atoms with van der Waals surface area (Å²) in [6.07, 6.45) is 1.01. The molecule has 0 bridgehead atoms. The van der Waals surface area contributed by atoms with Crippen molar-refractivity contribution < 1.29 is 14.3 Å². The van der Waals surface area contributed by atoms with E-state index in [2.05, 4.69) is 5.32 Å². The average molecular weight is 240 g/mol. The van der Waals surface area contributed by atoms with Crippen LogP contribution in [0.25, 0.3) is 0 Å². The molecule has 3 atom stereocenters. The standard InChI is InChI=1S/C12H20N2O3/c15-12(14-2-5-16-6-3-14)11-10-1-4-17-8-9(10)7-13-11/h9-11,13H,1-8H2. The Balaban J connectivity index is 1.65.